The summed E-state index contributed by atoms with van der Waals surface area (Å²) in [6.07, 6.45) is 0. The molecule has 21 heavy (non-hydrogen) atoms. The number of benzene rings is 1. The van der Waals surface area contributed by atoms with Gasteiger partial charge in [-0.1, -0.05) is 30.3 Å². The van der Waals surface area contributed by atoms with Crippen molar-refractivity contribution in [1.29, 1.82) is 0 Å². The van der Waals surface area contributed by atoms with Gasteiger partial charge >= 0.3 is 0 Å². The first-order valence-corrected chi connectivity index (χ1v) is 6.99. The van der Waals surface area contributed by atoms with Gasteiger partial charge in [-0.3, -0.25) is 4.79 Å². The van der Waals surface area contributed by atoms with Crippen LogP contribution in [0.15, 0.2) is 30.3 Å². The highest BCUT2D eigenvalue weighted by molar-refractivity contribution is 7.17. The lowest BCUT2D eigenvalue weighted by Crippen LogP contribution is -2.30. The Balaban J connectivity index is 0.00000200. The smallest absolute Gasteiger partial charge is 0.263 e. The van der Waals surface area contributed by atoms with Crippen molar-refractivity contribution in [3.63, 3.8) is 0 Å². The largest absolute Gasteiger partial charge is 0.350 e. The predicted octanol–water partition coefficient (Wildman–Crippen LogP) is 2.91. The molecule has 0 aliphatic rings. The first kappa shape index (κ1) is 19.9. The number of aryl methyl sites for hydroxylation is 1. The van der Waals surface area contributed by atoms with Crippen LogP contribution >= 0.6 is 36.2 Å². The van der Waals surface area contributed by atoms with Gasteiger partial charge in [0.1, 0.15) is 9.88 Å². The molecule has 2 N–H and O–H groups in total. The molecule has 1 amide bonds. The number of rotatable bonds is 5. The van der Waals surface area contributed by atoms with Crippen molar-refractivity contribution >= 4 is 42.1 Å². The van der Waals surface area contributed by atoms with Gasteiger partial charge in [-0.05, 0) is 14.0 Å². The Morgan fingerprint density at radius 3 is 2.48 bits per heavy atom. The van der Waals surface area contributed by atoms with E-state index in [4.69, 9.17) is 0 Å². The number of nitrogens with one attached hydrogen (secondary N) is 2. The predicted molar refractivity (Wildman–Crippen MR) is 93.0 cm³/mol. The fourth-order valence-corrected chi connectivity index (χ4v) is 2.68. The van der Waals surface area contributed by atoms with Gasteiger partial charge in [-0.25, -0.2) is 4.98 Å². The van der Waals surface area contributed by atoms with Crippen LogP contribution < -0.4 is 10.6 Å². The lowest BCUT2D eigenvalue weighted by atomic mass is 10.2. The van der Waals surface area contributed by atoms with Crippen LogP contribution in [-0.2, 0) is 0 Å². The lowest BCUT2D eigenvalue weighted by Gasteiger charge is -2.02. The van der Waals surface area contributed by atoms with Crippen LogP contribution in [0.2, 0.25) is 0 Å². The molecule has 0 bridgehead atoms. The number of hydrogen-bond acceptors (Lipinski definition) is 4. The highest BCUT2D eigenvalue weighted by atomic mass is 35.5. The quantitative estimate of drug-likeness (QED) is 0.817. The molecule has 116 valence electrons. The maximum atomic E-state index is 12.0. The summed E-state index contributed by atoms with van der Waals surface area (Å²) in [5.41, 5.74) is 1.83. The Bertz CT molecular complexity index is 561. The Morgan fingerprint density at radius 1 is 1.19 bits per heavy atom. The van der Waals surface area contributed by atoms with Gasteiger partial charge in [0.15, 0.2) is 0 Å². The third-order valence-corrected chi connectivity index (χ3v) is 3.89. The van der Waals surface area contributed by atoms with E-state index in [0.717, 1.165) is 22.8 Å². The summed E-state index contributed by atoms with van der Waals surface area (Å²) in [5, 5.41) is 6.75. The molecule has 7 heteroatoms. The van der Waals surface area contributed by atoms with E-state index in [0.29, 0.717) is 11.4 Å². The molecule has 0 unspecified atom stereocenters. The molecule has 0 fully saturated rings. The van der Waals surface area contributed by atoms with Crippen LogP contribution in [0.5, 0.6) is 0 Å². The average Bonchev–Trinajstić information content (AvgIpc) is 2.82. The van der Waals surface area contributed by atoms with Crippen molar-refractivity contribution in [1.82, 2.24) is 15.6 Å². The summed E-state index contributed by atoms with van der Waals surface area (Å²) in [5.74, 6) is -0.0487. The molecule has 0 aliphatic heterocycles. The van der Waals surface area contributed by atoms with E-state index in [2.05, 4.69) is 15.6 Å². The van der Waals surface area contributed by atoms with E-state index < -0.39 is 0 Å². The van der Waals surface area contributed by atoms with Gasteiger partial charge in [0.05, 0.1) is 5.69 Å². The van der Waals surface area contributed by atoms with Crippen molar-refractivity contribution in [2.24, 2.45) is 0 Å². The number of amides is 1. The van der Waals surface area contributed by atoms with Gasteiger partial charge in [-0.2, -0.15) is 0 Å². The Morgan fingerprint density at radius 2 is 1.86 bits per heavy atom. The molecule has 2 aromatic rings. The minimum Gasteiger partial charge on any atom is -0.350 e. The highest BCUT2D eigenvalue weighted by Crippen LogP contribution is 2.27. The first-order chi connectivity index (χ1) is 9.22. The maximum Gasteiger partial charge on any atom is 0.263 e. The third-order valence-electron chi connectivity index (χ3n) is 2.68. The third kappa shape index (κ3) is 5.28. The van der Waals surface area contributed by atoms with E-state index in [9.17, 15) is 4.79 Å². The first-order valence-electron chi connectivity index (χ1n) is 6.18. The number of carbonyl (C=O) groups excluding carboxylic acids is 1. The fourth-order valence-electron chi connectivity index (χ4n) is 1.69. The molecule has 1 heterocycles. The molecule has 0 saturated carbocycles. The fraction of sp³-hybridized carbons (Fsp3) is 0.286. The van der Waals surface area contributed by atoms with Crippen LogP contribution in [0.25, 0.3) is 10.6 Å². The van der Waals surface area contributed by atoms with Crippen molar-refractivity contribution < 1.29 is 4.79 Å². The van der Waals surface area contributed by atoms with E-state index in [-0.39, 0.29) is 30.7 Å². The summed E-state index contributed by atoms with van der Waals surface area (Å²) < 4.78 is 0. The molecule has 1 aromatic carbocycles. The second-order valence-electron chi connectivity index (χ2n) is 4.16. The van der Waals surface area contributed by atoms with Crippen LogP contribution in [-0.4, -0.2) is 31.0 Å². The summed E-state index contributed by atoms with van der Waals surface area (Å²) in [7, 11) is 1.86. The van der Waals surface area contributed by atoms with Crippen molar-refractivity contribution in [3.8, 4) is 10.6 Å². The molecular formula is C14H19Cl2N3OS. The molecule has 4 nitrogen and oxygen atoms in total. The van der Waals surface area contributed by atoms with Gasteiger partial charge in [0, 0.05) is 18.7 Å². The van der Waals surface area contributed by atoms with E-state index in [1.54, 1.807) is 0 Å². The van der Waals surface area contributed by atoms with Crippen LogP contribution in [0.1, 0.15) is 15.4 Å². The van der Waals surface area contributed by atoms with E-state index >= 15 is 0 Å². The Hall–Kier alpha value is -1.14. The molecule has 0 spiro atoms. The number of halogens is 2. The number of carbonyl (C=O) groups is 1. The zero-order valence-corrected chi connectivity index (χ0v) is 14.3. The second-order valence-corrected chi connectivity index (χ2v) is 5.16. The summed E-state index contributed by atoms with van der Waals surface area (Å²) in [6.45, 7) is 3.25. The molecule has 0 radical (unpaired) electrons. The molecule has 2 rings (SSSR count). The zero-order valence-electron chi connectivity index (χ0n) is 11.9. The van der Waals surface area contributed by atoms with Gasteiger partial charge in [0.25, 0.3) is 5.91 Å². The Kier molecular flexibility index (Phi) is 9.21. The van der Waals surface area contributed by atoms with Gasteiger partial charge in [-0.15, -0.1) is 36.2 Å². The summed E-state index contributed by atoms with van der Waals surface area (Å²) >= 11 is 1.44. The average molecular weight is 348 g/mol. The summed E-state index contributed by atoms with van der Waals surface area (Å²) in [6, 6.07) is 9.91. The minimum absolute atomic E-state index is 0. The van der Waals surface area contributed by atoms with Crippen LogP contribution in [0.4, 0.5) is 0 Å². The van der Waals surface area contributed by atoms with E-state index in [1.807, 2.05) is 44.3 Å². The molecule has 0 aliphatic carbocycles. The molecule has 0 atom stereocenters. The summed E-state index contributed by atoms with van der Waals surface area (Å²) in [4.78, 5) is 17.2. The maximum absolute atomic E-state index is 12.0. The number of likely N-dealkylation sites (N-methyl/N-ethyl adjacent to an activating group) is 1. The number of thiazole rings is 1. The lowest BCUT2D eigenvalue weighted by molar-refractivity contribution is 0.0957. The highest BCUT2D eigenvalue weighted by Gasteiger charge is 2.15. The van der Waals surface area contributed by atoms with Crippen molar-refractivity contribution in [3.05, 3.63) is 40.9 Å². The molecular weight excluding hydrogens is 329 g/mol. The molecule has 0 saturated heterocycles. The van der Waals surface area contributed by atoms with Crippen molar-refractivity contribution in [2.45, 2.75) is 6.92 Å². The minimum atomic E-state index is -0.0487. The normalized spacial score (nSPS) is 9.43. The van der Waals surface area contributed by atoms with Crippen molar-refractivity contribution in [2.75, 3.05) is 20.1 Å². The van der Waals surface area contributed by atoms with Gasteiger partial charge in [0.2, 0.25) is 0 Å². The molecule has 1 aromatic heterocycles. The standard InChI is InChI=1S/C14H17N3OS.2ClH/c1-10-12(13(18)16-9-8-15-2)19-14(17-10)11-6-4-3-5-7-11;;/h3-7,15H,8-9H2,1-2H3,(H,16,18);2*1H. The zero-order chi connectivity index (χ0) is 13.7. The van der Waals surface area contributed by atoms with Gasteiger partial charge < -0.3 is 10.6 Å². The Labute approximate surface area is 141 Å². The van der Waals surface area contributed by atoms with Crippen LogP contribution in [0, 0.1) is 6.92 Å². The van der Waals surface area contributed by atoms with Crippen LogP contribution in [0.3, 0.4) is 0 Å². The second kappa shape index (κ2) is 9.73. The van der Waals surface area contributed by atoms with E-state index in [1.165, 1.54) is 11.3 Å². The number of nitrogens with zero attached hydrogens (tertiary/aromatic N) is 1. The SMILES string of the molecule is CNCCNC(=O)c1sc(-c2ccccc2)nc1C.Cl.Cl. The number of aromatic nitrogens is 1. The topological polar surface area (TPSA) is 54.0 Å². The number of hydrogen-bond donors (Lipinski definition) is 2. The monoisotopic (exact) mass is 347 g/mol.